The molecule has 0 heterocycles. The number of rotatable bonds is 5. The Bertz CT molecular complexity index is 413. The minimum atomic E-state index is 0.0762. The standard InChI is InChI=1S/C15H24N2O/c1-6-9-16-14-8-7-12(4)10-13(14)15(18)17(5)11(2)3/h7-8,10-11,16H,6,9H2,1-5H3. The molecule has 0 atom stereocenters. The van der Waals surface area contributed by atoms with Crippen LogP contribution in [0, 0.1) is 6.92 Å². The van der Waals surface area contributed by atoms with Crippen molar-refractivity contribution in [2.24, 2.45) is 0 Å². The van der Waals surface area contributed by atoms with Gasteiger partial charge in [0.2, 0.25) is 0 Å². The Morgan fingerprint density at radius 1 is 1.39 bits per heavy atom. The number of amides is 1. The van der Waals surface area contributed by atoms with Gasteiger partial charge < -0.3 is 10.2 Å². The number of benzene rings is 1. The first-order chi connectivity index (χ1) is 8.47. The molecule has 0 fully saturated rings. The summed E-state index contributed by atoms with van der Waals surface area (Å²) in [5.74, 6) is 0.0762. The third kappa shape index (κ3) is 3.49. The van der Waals surface area contributed by atoms with E-state index in [1.165, 1.54) is 0 Å². The van der Waals surface area contributed by atoms with Crippen LogP contribution in [-0.4, -0.2) is 30.4 Å². The predicted molar refractivity (Wildman–Crippen MR) is 77.2 cm³/mol. The first-order valence-corrected chi connectivity index (χ1v) is 6.59. The topological polar surface area (TPSA) is 32.3 Å². The summed E-state index contributed by atoms with van der Waals surface area (Å²) in [5, 5.41) is 3.32. The van der Waals surface area contributed by atoms with E-state index in [4.69, 9.17) is 0 Å². The average Bonchev–Trinajstić information content (AvgIpc) is 2.35. The van der Waals surface area contributed by atoms with Crippen LogP contribution in [0.2, 0.25) is 0 Å². The van der Waals surface area contributed by atoms with E-state index in [0.29, 0.717) is 0 Å². The summed E-state index contributed by atoms with van der Waals surface area (Å²) in [7, 11) is 1.85. The van der Waals surface area contributed by atoms with Crippen LogP contribution in [0.4, 0.5) is 5.69 Å². The van der Waals surface area contributed by atoms with E-state index in [1.54, 1.807) is 4.90 Å². The summed E-state index contributed by atoms with van der Waals surface area (Å²) in [4.78, 5) is 14.2. The second kappa shape index (κ2) is 6.43. The summed E-state index contributed by atoms with van der Waals surface area (Å²) < 4.78 is 0. The van der Waals surface area contributed by atoms with Crippen LogP contribution < -0.4 is 5.32 Å². The molecular formula is C15H24N2O. The smallest absolute Gasteiger partial charge is 0.255 e. The van der Waals surface area contributed by atoms with E-state index in [9.17, 15) is 4.79 Å². The third-order valence-electron chi connectivity index (χ3n) is 3.07. The molecule has 0 radical (unpaired) electrons. The van der Waals surface area contributed by atoms with Crippen LogP contribution in [0.3, 0.4) is 0 Å². The molecule has 0 aliphatic rings. The van der Waals surface area contributed by atoms with Gasteiger partial charge in [0.25, 0.3) is 5.91 Å². The Kier molecular flexibility index (Phi) is 5.20. The van der Waals surface area contributed by atoms with Gasteiger partial charge in [-0.2, -0.15) is 0 Å². The van der Waals surface area contributed by atoms with Gasteiger partial charge in [-0.05, 0) is 39.3 Å². The zero-order valence-corrected chi connectivity index (χ0v) is 12.1. The van der Waals surface area contributed by atoms with Gasteiger partial charge in [-0.3, -0.25) is 4.79 Å². The maximum Gasteiger partial charge on any atom is 0.255 e. The first-order valence-electron chi connectivity index (χ1n) is 6.59. The molecule has 0 aliphatic carbocycles. The van der Waals surface area contributed by atoms with Gasteiger partial charge in [-0.1, -0.05) is 18.6 Å². The lowest BCUT2D eigenvalue weighted by Gasteiger charge is -2.23. The zero-order chi connectivity index (χ0) is 13.7. The fourth-order valence-electron chi connectivity index (χ4n) is 1.67. The molecule has 18 heavy (non-hydrogen) atoms. The van der Waals surface area contributed by atoms with Crippen molar-refractivity contribution >= 4 is 11.6 Å². The van der Waals surface area contributed by atoms with Crippen LogP contribution in [0.5, 0.6) is 0 Å². The highest BCUT2D eigenvalue weighted by molar-refractivity contribution is 5.99. The molecule has 0 saturated heterocycles. The molecule has 0 unspecified atom stereocenters. The van der Waals surface area contributed by atoms with Gasteiger partial charge in [0.15, 0.2) is 0 Å². The highest BCUT2D eigenvalue weighted by atomic mass is 16.2. The van der Waals surface area contributed by atoms with Crippen molar-refractivity contribution in [3.63, 3.8) is 0 Å². The number of nitrogens with one attached hydrogen (secondary N) is 1. The number of aryl methyl sites for hydroxylation is 1. The zero-order valence-electron chi connectivity index (χ0n) is 12.1. The van der Waals surface area contributed by atoms with Gasteiger partial charge in [-0.15, -0.1) is 0 Å². The number of nitrogens with zero attached hydrogens (tertiary/aromatic N) is 1. The summed E-state index contributed by atoms with van der Waals surface area (Å²) in [6.07, 6.45) is 1.04. The number of carbonyl (C=O) groups is 1. The maximum absolute atomic E-state index is 12.4. The summed E-state index contributed by atoms with van der Waals surface area (Å²) in [6.45, 7) is 9.05. The lowest BCUT2D eigenvalue weighted by atomic mass is 10.1. The second-order valence-electron chi connectivity index (χ2n) is 4.99. The van der Waals surface area contributed by atoms with Gasteiger partial charge >= 0.3 is 0 Å². The highest BCUT2D eigenvalue weighted by Crippen LogP contribution is 2.20. The monoisotopic (exact) mass is 248 g/mol. The molecule has 100 valence electrons. The minimum Gasteiger partial charge on any atom is -0.384 e. The van der Waals surface area contributed by atoms with Crippen molar-refractivity contribution in [1.29, 1.82) is 0 Å². The molecule has 3 nitrogen and oxygen atoms in total. The van der Waals surface area contributed by atoms with Crippen molar-refractivity contribution in [3.8, 4) is 0 Å². The Hall–Kier alpha value is -1.51. The number of hydrogen-bond donors (Lipinski definition) is 1. The first kappa shape index (κ1) is 14.6. The van der Waals surface area contributed by atoms with E-state index in [1.807, 2.05) is 46.0 Å². The largest absolute Gasteiger partial charge is 0.384 e. The summed E-state index contributed by atoms with van der Waals surface area (Å²) in [6, 6.07) is 6.19. The van der Waals surface area contributed by atoms with Gasteiger partial charge in [-0.25, -0.2) is 0 Å². The number of hydrogen-bond acceptors (Lipinski definition) is 2. The summed E-state index contributed by atoms with van der Waals surface area (Å²) in [5.41, 5.74) is 2.80. The average molecular weight is 248 g/mol. The van der Waals surface area contributed by atoms with Crippen LogP contribution in [0.1, 0.15) is 43.1 Å². The van der Waals surface area contributed by atoms with E-state index in [-0.39, 0.29) is 11.9 Å². The van der Waals surface area contributed by atoms with Crippen molar-refractivity contribution in [2.75, 3.05) is 18.9 Å². The van der Waals surface area contributed by atoms with Crippen LogP contribution >= 0.6 is 0 Å². The quantitative estimate of drug-likeness (QED) is 0.867. The summed E-state index contributed by atoms with van der Waals surface area (Å²) >= 11 is 0. The molecule has 1 rings (SSSR count). The van der Waals surface area contributed by atoms with E-state index < -0.39 is 0 Å². The van der Waals surface area contributed by atoms with Crippen molar-refractivity contribution < 1.29 is 4.79 Å². The molecule has 1 amide bonds. The lowest BCUT2D eigenvalue weighted by Crippen LogP contribution is -2.33. The van der Waals surface area contributed by atoms with E-state index >= 15 is 0 Å². The van der Waals surface area contributed by atoms with E-state index in [0.717, 1.165) is 29.8 Å². The highest BCUT2D eigenvalue weighted by Gasteiger charge is 2.17. The van der Waals surface area contributed by atoms with Crippen LogP contribution in [-0.2, 0) is 0 Å². The normalized spacial score (nSPS) is 10.6. The van der Waals surface area contributed by atoms with E-state index in [2.05, 4.69) is 12.2 Å². The molecule has 1 aromatic carbocycles. The van der Waals surface area contributed by atoms with Crippen molar-refractivity contribution in [3.05, 3.63) is 29.3 Å². The molecule has 0 spiro atoms. The molecule has 3 heteroatoms. The van der Waals surface area contributed by atoms with Gasteiger partial charge in [0, 0.05) is 25.3 Å². The molecule has 0 saturated carbocycles. The Morgan fingerprint density at radius 2 is 2.06 bits per heavy atom. The lowest BCUT2D eigenvalue weighted by molar-refractivity contribution is 0.0756. The van der Waals surface area contributed by atoms with Crippen molar-refractivity contribution in [1.82, 2.24) is 4.90 Å². The Balaban J connectivity index is 3.04. The molecule has 0 aliphatic heterocycles. The van der Waals surface area contributed by atoms with Crippen LogP contribution in [0.25, 0.3) is 0 Å². The minimum absolute atomic E-state index is 0.0762. The van der Waals surface area contributed by atoms with Crippen LogP contribution in [0.15, 0.2) is 18.2 Å². The molecule has 1 aromatic rings. The SMILES string of the molecule is CCCNc1ccc(C)cc1C(=O)N(C)C(C)C. The van der Waals surface area contributed by atoms with Crippen molar-refractivity contribution in [2.45, 2.75) is 40.2 Å². The fraction of sp³-hybridized carbons (Fsp3) is 0.533. The molecule has 0 aromatic heterocycles. The maximum atomic E-state index is 12.4. The Morgan fingerprint density at radius 3 is 2.61 bits per heavy atom. The predicted octanol–water partition coefficient (Wildman–Crippen LogP) is 3.30. The third-order valence-corrected chi connectivity index (χ3v) is 3.07. The Labute approximate surface area is 110 Å². The fourth-order valence-corrected chi connectivity index (χ4v) is 1.67. The van der Waals surface area contributed by atoms with Gasteiger partial charge in [0.05, 0.1) is 5.56 Å². The molecule has 1 N–H and O–H groups in total. The van der Waals surface area contributed by atoms with Gasteiger partial charge in [0.1, 0.15) is 0 Å². The molecule has 0 bridgehead atoms. The molecular weight excluding hydrogens is 224 g/mol. The number of carbonyl (C=O) groups excluding carboxylic acids is 1. The number of anilines is 1. The second-order valence-corrected chi connectivity index (χ2v) is 4.99.